The first-order valence-corrected chi connectivity index (χ1v) is 12.9. The first kappa shape index (κ1) is 28.4. The Morgan fingerprint density at radius 1 is 0.722 bits per heavy atom. The Bertz CT molecular complexity index is 1180. The number of allylic oxidation sites excluding steroid dienone is 1. The van der Waals surface area contributed by atoms with Gasteiger partial charge in [-0.25, -0.2) is 4.40 Å². The van der Waals surface area contributed by atoms with E-state index in [1.807, 2.05) is 24.4 Å². The summed E-state index contributed by atoms with van der Waals surface area (Å²) in [5.74, 6) is 0.433. The van der Waals surface area contributed by atoms with Crippen molar-refractivity contribution < 1.29 is 2.85 Å². The monoisotopic (exact) mass is 518 g/mol. The third kappa shape index (κ3) is 8.76. The van der Waals surface area contributed by atoms with Crippen LogP contribution in [0.1, 0.15) is 50.4 Å². The molecule has 0 aromatic heterocycles. The van der Waals surface area contributed by atoms with E-state index in [-0.39, 0.29) is 40.6 Å². The molecule has 4 aromatic rings. The van der Waals surface area contributed by atoms with E-state index in [1.165, 1.54) is 39.1 Å². The Morgan fingerprint density at radius 2 is 1.25 bits per heavy atom. The average Bonchev–Trinajstić information content (AvgIpc) is 3.19. The van der Waals surface area contributed by atoms with Gasteiger partial charge in [-0.05, 0) is 54.3 Å². The van der Waals surface area contributed by atoms with E-state index in [1.54, 1.807) is 0 Å². The van der Waals surface area contributed by atoms with Crippen LogP contribution in [0.3, 0.4) is 0 Å². The fourth-order valence-corrected chi connectivity index (χ4v) is 4.80. The van der Waals surface area contributed by atoms with E-state index < -0.39 is 0 Å². The van der Waals surface area contributed by atoms with Crippen molar-refractivity contribution in [3.63, 3.8) is 0 Å². The molecule has 0 spiro atoms. The molecule has 0 saturated carbocycles. The van der Waals surface area contributed by atoms with E-state index >= 15 is 0 Å². The molecule has 1 aliphatic rings. The molecule has 0 aliphatic carbocycles. The van der Waals surface area contributed by atoms with Crippen molar-refractivity contribution in [1.29, 1.82) is 0 Å². The summed E-state index contributed by atoms with van der Waals surface area (Å²) in [5.41, 5.74) is 5.36. The summed E-state index contributed by atoms with van der Waals surface area (Å²) >= 11 is 1.52. The minimum Gasteiger partial charge on any atom is -1.00 e. The van der Waals surface area contributed by atoms with Gasteiger partial charge >= 0.3 is 37.7 Å². The van der Waals surface area contributed by atoms with Crippen LogP contribution >= 0.6 is 11.9 Å². The summed E-state index contributed by atoms with van der Waals surface area (Å²) in [6.45, 7) is 3.22. The first-order valence-electron chi connectivity index (χ1n) is 12.2. The minimum atomic E-state index is 0. The second-order valence-electron chi connectivity index (χ2n) is 8.49. The van der Waals surface area contributed by atoms with Crippen LogP contribution < -0.4 is 5.32 Å². The molecule has 0 bridgehead atoms. The maximum absolute atomic E-state index is 4.12. The second kappa shape index (κ2) is 15.9. The Labute approximate surface area is 253 Å². The van der Waals surface area contributed by atoms with Crippen molar-refractivity contribution in [2.45, 2.75) is 30.2 Å². The maximum Gasteiger partial charge on any atom is 2.00 e. The quantitative estimate of drug-likeness (QED) is 0.197. The number of nitrogens with one attached hydrogen (secondary N) is 1. The minimum absolute atomic E-state index is 0. The van der Waals surface area contributed by atoms with Crippen molar-refractivity contribution in [3.05, 3.63) is 144 Å². The number of hydrogen-bond acceptors (Lipinski definition) is 3. The third-order valence-corrected chi connectivity index (χ3v) is 6.88. The molecule has 5 rings (SSSR count). The number of fused-ring (bicyclic) bond motifs is 1. The molecule has 1 heterocycles. The fourth-order valence-electron chi connectivity index (χ4n) is 4.17. The number of nitrogens with zero attached hydrogens (tertiary/aromatic N) is 1. The predicted octanol–water partition coefficient (Wildman–Crippen LogP) is 8.19. The topological polar surface area (TPSA) is 24.4 Å². The molecule has 0 fully saturated rings. The summed E-state index contributed by atoms with van der Waals surface area (Å²) < 4.78 is 4.12. The smallest absolute Gasteiger partial charge is 1.00 e. The van der Waals surface area contributed by atoms with Crippen LogP contribution in [0.25, 0.3) is 6.08 Å². The molecular formula is C32H34CaN2S. The zero-order chi connectivity index (χ0) is 24.1. The van der Waals surface area contributed by atoms with Crippen LogP contribution in [0.5, 0.6) is 0 Å². The van der Waals surface area contributed by atoms with E-state index in [4.69, 9.17) is 0 Å². The molecule has 4 aromatic carbocycles. The van der Waals surface area contributed by atoms with E-state index in [0.717, 1.165) is 13.0 Å². The van der Waals surface area contributed by atoms with Gasteiger partial charge in [0.1, 0.15) is 0 Å². The van der Waals surface area contributed by atoms with Gasteiger partial charge < -0.3 is 8.17 Å². The van der Waals surface area contributed by atoms with Gasteiger partial charge in [0.05, 0.1) is 0 Å². The molecular weight excluding hydrogens is 485 g/mol. The van der Waals surface area contributed by atoms with Crippen molar-refractivity contribution in [3.8, 4) is 0 Å². The number of rotatable bonds is 7. The van der Waals surface area contributed by atoms with E-state index in [2.05, 4.69) is 126 Å². The summed E-state index contributed by atoms with van der Waals surface area (Å²) in [5, 5.41) is 3.67. The van der Waals surface area contributed by atoms with Crippen LogP contribution in [0.2, 0.25) is 0 Å². The van der Waals surface area contributed by atoms with Gasteiger partial charge in [-0.15, -0.1) is 0 Å². The average molecular weight is 519 g/mol. The predicted molar refractivity (Wildman–Crippen MR) is 160 cm³/mol. The fraction of sp³-hybridized carbons (Fsp3) is 0.156. The Balaban J connectivity index is 0.000000437. The number of hydrogen-bond donors (Lipinski definition) is 1. The Kier molecular flexibility index (Phi) is 12.5. The van der Waals surface area contributed by atoms with Gasteiger partial charge in [-0.1, -0.05) is 115 Å². The maximum atomic E-state index is 4.12. The van der Waals surface area contributed by atoms with Gasteiger partial charge in [0.15, 0.2) is 0 Å². The van der Waals surface area contributed by atoms with E-state index in [0.29, 0.717) is 12.0 Å². The molecule has 180 valence electrons. The molecule has 0 radical (unpaired) electrons. The van der Waals surface area contributed by atoms with E-state index in [9.17, 15) is 0 Å². The normalized spacial score (nSPS) is 12.5. The number of benzene rings is 4. The summed E-state index contributed by atoms with van der Waals surface area (Å²) in [6.07, 6.45) is 6.92. The molecule has 4 heteroatoms. The molecule has 0 amide bonds. The Hall–Kier alpha value is -2.14. The van der Waals surface area contributed by atoms with Crippen molar-refractivity contribution in [1.82, 2.24) is 5.32 Å². The Morgan fingerprint density at radius 3 is 1.86 bits per heavy atom. The second-order valence-corrected chi connectivity index (χ2v) is 9.33. The zero-order valence-electron chi connectivity index (χ0n) is 22.8. The van der Waals surface area contributed by atoms with Crippen LogP contribution in [-0.2, 0) is 0 Å². The largest absolute Gasteiger partial charge is 2.00 e. The summed E-state index contributed by atoms with van der Waals surface area (Å²) in [7, 11) is 0. The first-order chi connectivity index (χ1) is 17.3. The van der Waals surface area contributed by atoms with Crippen molar-refractivity contribution in [2.75, 3.05) is 6.54 Å². The molecule has 2 nitrogen and oxygen atoms in total. The molecule has 0 saturated heterocycles. The van der Waals surface area contributed by atoms with Gasteiger partial charge in [-0.2, -0.15) is 0 Å². The van der Waals surface area contributed by atoms with Crippen LogP contribution in [0, 0.1) is 0 Å². The molecule has 36 heavy (non-hydrogen) atoms. The zero-order valence-corrected chi connectivity index (χ0v) is 23.9. The van der Waals surface area contributed by atoms with Gasteiger partial charge in [0.25, 0.3) is 0 Å². The van der Waals surface area contributed by atoms with Crippen LogP contribution in [0.4, 0.5) is 0 Å². The van der Waals surface area contributed by atoms with Gasteiger partial charge in [-0.3, -0.25) is 0 Å². The molecule has 1 atom stereocenters. The van der Waals surface area contributed by atoms with Gasteiger partial charge in [0.2, 0.25) is 0 Å². The molecule has 1 unspecified atom stereocenters. The van der Waals surface area contributed by atoms with Gasteiger partial charge in [0, 0.05) is 35.0 Å². The van der Waals surface area contributed by atoms with Crippen molar-refractivity contribution in [2.24, 2.45) is 4.40 Å². The standard InChI is InChI=1S/C23H25N.C9H7NS.Ca.2H/c1-19(20-11-5-2-6-12-20)24-18-17-23(21-13-7-3-8-14-21)22-15-9-4-10-16-22;1-2-6-9-8(4-1)5-3-7-10-11-9;;;/h2-16,19,23-24H,17-18H2,1H3;1-7H;;;/q;;+2;2*-1. The molecule has 1 aliphatic heterocycles. The summed E-state index contributed by atoms with van der Waals surface area (Å²) in [6, 6.07) is 40.9. The SMILES string of the molecule is C1=Cc2ccccc2SN=C1.CC(NCCC(c1ccccc1)c1ccccc1)c1ccccc1.[Ca+2].[H-].[H-]. The third-order valence-electron chi connectivity index (χ3n) is 6.08. The molecule has 1 N–H and O–H groups in total. The van der Waals surface area contributed by atoms with Crippen molar-refractivity contribution >= 4 is 62.0 Å². The van der Waals surface area contributed by atoms with Crippen LogP contribution in [-0.4, -0.2) is 50.5 Å². The summed E-state index contributed by atoms with van der Waals surface area (Å²) in [4.78, 5) is 1.22. The van der Waals surface area contributed by atoms with Crippen LogP contribution in [0.15, 0.2) is 131 Å².